The summed E-state index contributed by atoms with van der Waals surface area (Å²) in [5.41, 5.74) is -1.23. The molecule has 4 atom stereocenters. The molecule has 0 aromatic heterocycles. The van der Waals surface area contributed by atoms with Gasteiger partial charge in [-0.05, 0) is 110 Å². The van der Waals surface area contributed by atoms with Crippen LogP contribution in [0.1, 0.15) is 80.6 Å². The topological polar surface area (TPSA) is 52.6 Å². The fraction of sp³-hybridized carbons (Fsp3) is 0.529. The molecule has 4 heteroatoms. The van der Waals surface area contributed by atoms with E-state index in [4.69, 9.17) is 9.47 Å². The Labute approximate surface area is 227 Å². The van der Waals surface area contributed by atoms with E-state index in [9.17, 15) is 9.59 Å². The van der Waals surface area contributed by atoms with Crippen molar-refractivity contribution in [3.05, 3.63) is 54.6 Å². The van der Waals surface area contributed by atoms with Crippen LogP contribution < -0.4 is 4.74 Å². The van der Waals surface area contributed by atoms with Crippen LogP contribution in [0.5, 0.6) is 5.75 Å². The first-order chi connectivity index (χ1) is 17.8. The number of carbonyl (C=O) groups is 2. The van der Waals surface area contributed by atoms with Crippen LogP contribution >= 0.6 is 0 Å². The number of esters is 2. The highest BCUT2D eigenvalue weighted by molar-refractivity contribution is 5.98. The lowest BCUT2D eigenvalue weighted by Crippen LogP contribution is -2.41. The highest BCUT2D eigenvalue weighted by Gasteiger charge is 2.62. The number of hydrogen-bond acceptors (Lipinski definition) is 4. The highest BCUT2D eigenvalue weighted by atomic mass is 16.5. The normalized spacial score (nSPS) is 25.9. The number of benzene rings is 3. The number of fused-ring (bicyclic) bond motifs is 4. The van der Waals surface area contributed by atoms with E-state index in [2.05, 4.69) is 45.0 Å². The largest absolute Gasteiger partial charge is 0.462 e. The van der Waals surface area contributed by atoms with Crippen LogP contribution in [0.25, 0.3) is 21.5 Å². The summed E-state index contributed by atoms with van der Waals surface area (Å²) >= 11 is 0. The summed E-state index contributed by atoms with van der Waals surface area (Å²) in [6, 6.07) is 18.3. The van der Waals surface area contributed by atoms with Crippen LogP contribution in [0.2, 0.25) is 0 Å². The van der Waals surface area contributed by atoms with Gasteiger partial charge in [0.15, 0.2) is 0 Å². The predicted octanol–water partition coefficient (Wildman–Crippen LogP) is 8.49. The third-order valence-corrected chi connectivity index (χ3v) is 10.4. The summed E-state index contributed by atoms with van der Waals surface area (Å²) in [7, 11) is 0. The molecule has 4 nitrogen and oxygen atoms in total. The smallest absolute Gasteiger partial charge is 0.316 e. The van der Waals surface area contributed by atoms with Gasteiger partial charge in [0.05, 0.1) is 10.8 Å². The third kappa shape index (κ3) is 4.40. The van der Waals surface area contributed by atoms with Crippen molar-refractivity contribution < 1.29 is 19.1 Å². The molecule has 2 aliphatic rings. The maximum absolute atomic E-state index is 13.6. The molecule has 0 radical (unpaired) electrons. The second kappa shape index (κ2) is 9.10. The van der Waals surface area contributed by atoms with Gasteiger partial charge in [0, 0.05) is 5.92 Å². The molecule has 2 aliphatic carbocycles. The van der Waals surface area contributed by atoms with Gasteiger partial charge in [0.1, 0.15) is 11.9 Å². The third-order valence-electron chi connectivity index (χ3n) is 10.4. The van der Waals surface area contributed by atoms with Crippen molar-refractivity contribution in [1.82, 2.24) is 0 Å². The Bertz CT molecular complexity index is 1400. The highest BCUT2D eigenvalue weighted by Crippen LogP contribution is 2.66. The Hall–Kier alpha value is -2.88. The molecule has 0 amide bonds. The van der Waals surface area contributed by atoms with E-state index in [1.807, 2.05) is 58.0 Å². The maximum Gasteiger partial charge on any atom is 0.316 e. The summed E-state index contributed by atoms with van der Waals surface area (Å²) < 4.78 is 12.1. The Kier molecular flexibility index (Phi) is 6.40. The lowest BCUT2D eigenvalue weighted by atomic mass is 9.71. The Morgan fingerprint density at radius 1 is 0.895 bits per heavy atom. The molecule has 3 aromatic carbocycles. The van der Waals surface area contributed by atoms with Crippen molar-refractivity contribution in [3.8, 4) is 5.75 Å². The van der Waals surface area contributed by atoms with Gasteiger partial charge in [-0.25, -0.2) is 0 Å². The first kappa shape index (κ1) is 26.7. The molecule has 3 aromatic rings. The lowest BCUT2D eigenvalue weighted by molar-refractivity contribution is -0.167. The van der Waals surface area contributed by atoms with Gasteiger partial charge in [-0.15, -0.1) is 0 Å². The average molecular weight is 515 g/mol. The first-order valence-electron chi connectivity index (χ1n) is 14.1. The zero-order valence-electron chi connectivity index (χ0n) is 24.0. The predicted molar refractivity (Wildman–Crippen MR) is 153 cm³/mol. The van der Waals surface area contributed by atoms with Crippen LogP contribution in [0.3, 0.4) is 0 Å². The summed E-state index contributed by atoms with van der Waals surface area (Å²) in [5.74, 6) is 0.402. The van der Waals surface area contributed by atoms with E-state index in [-0.39, 0.29) is 28.9 Å². The minimum Gasteiger partial charge on any atom is -0.462 e. The summed E-state index contributed by atoms with van der Waals surface area (Å²) in [4.78, 5) is 27.0. The summed E-state index contributed by atoms with van der Waals surface area (Å²) in [6.45, 7) is 14.7. The standard InChI is InChI=1S/C34H42O4/c1-8-33(6,30(36)38-28-20-34(7)16-15-27(28)32(34,4)5)21-31(2,3)29(35)37-26-14-13-24-17-22-11-9-10-12-23(22)18-25(24)19-26/h9-14,17-19,27-28H,8,15-16,20-21H2,1-7H3. The minimum atomic E-state index is -0.859. The van der Waals surface area contributed by atoms with Gasteiger partial charge in [0.2, 0.25) is 0 Å². The quantitative estimate of drug-likeness (QED) is 0.180. The number of carbonyl (C=O) groups excluding carboxylic acids is 2. The van der Waals surface area contributed by atoms with Crippen LogP contribution in [-0.2, 0) is 14.3 Å². The summed E-state index contributed by atoms with van der Waals surface area (Å²) in [5, 5.41) is 4.45. The second-order valence-electron chi connectivity index (χ2n) is 13.6. The number of hydrogen-bond donors (Lipinski definition) is 0. The summed E-state index contributed by atoms with van der Waals surface area (Å²) in [6.07, 6.45) is 4.18. The lowest BCUT2D eigenvalue weighted by Gasteiger charge is -2.35. The second-order valence-corrected chi connectivity index (χ2v) is 13.6. The fourth-order valence-electron chi connectivity index (χ4n) is 7.23. The van der Waals surface area contributed by atoms with Crippen LogP contribution in [-0.4, -0.2) is 18.0 Å². The van der Waals surface area contributed by atoms with Gasteiger partial charge in [-0.1, -0.05) is 58.0 Å². The van der Waals surface area contributed by atoms with Gasteiger partial charge in [-0.2, -0.15) is 0 Å². The molecule has 0 heterocycles. The Morgan fingerprint density at radius 3 is 2.11 bits per heavy atom. The van der Waals surface area contributed by atoms with E-state index >= 15 is 0 Å². The van der Waals surface area contributed by atoms with Crippen molar-refractivity contribution in [1.29, 1.82) is 0 Å². The number of ether oxygens (including phenoxy) is 2. The minimum absolute atomic E-state index is 0.0362. The molecule has 202 valence electrons. The van der Waals surface area contributed by atoms with Gasteiger partial charge >= 0.3 is 11.9 Å². The van der Waals surface area contributed by atoms with E-state index in [1.54, 1.807) is 0 Å². The molecule has 4 unspecified atom stereocenters. The maximum atomic E-state index is 13.6. The van der Waals surface area contributed by atoms with E-state index in [0.29, 0.717) is 24.5 Å². The van der Waals surface area contributed by atoms with Crippen molar-refractivity contribution in [2.24, 2.45) is 27.6 Å². The number of rotatable bonds is 7. The molecule has 0 aliphatic heterocycles. The molecule has 2 fully saturated rings. The van der Waals surface area contributed by atoms with Gasteiger partial charge < -0.3 is 9.47 Å². The van der Waals surface area contributed by atoms with E-state index < -0.39 is 10.8 Å². The monoisotopic (exact) mass is 514 g/mol. The molecule has 2 saturated carbocycles. The zero-order valence-corrected chi connectivity index (χ0v) is 24.0. The molecule has 5 rings (SSSR count). The molecular weight excluding hydrogens is 472 g/mol. The van der Waals surface area contributed by atoms with Gasteiger partial charge in [0.25, 0.3) is 0 Å². The van der Waals surface area contributed by atoms with Crippen molar-refractivity contribution in [2.75, 3.05) is 0 Å². The average Bonchev–Trinajstić information content (AvgIpc) is 3.20. The van der Waals surface area contributed by atoms with E-state index in [1.165, 1.54) is 11.8 Å². The molecular formula is C34H42O4. The molecule has 0 spiro atoms. The van der Waals surface area contributed by atoms with Crippen molar-refractivity contribution >= 4 is 33.5 Å². The Balaban J connectivity index is 1.29. The Morgan fingerprint density at radius 2 is 1.53 bits per heavy atom. The molecule has 0 saturated heterocycles. The van der Waals surface area contributed by atoms with Crippen LogP contribution in [0.4, 0.5) is 0 Å². The first-order valence-corrected chi connectivity index (χ1v) is 14.1. The molecule has 38 heavy (non-hydrogen) atoms. The van der Waals surface area contributed by atoms with Crippen LogP contribution in [0.15, 0.2) is 54.6 Å². The molecule has 2 bridgehead atoms. The molecule has 0 N–H and O–H groups in total. The van der Waals surface area contributed by atoms with Crippen molar-refractivity contribution in [3.63, 3.8) is 0 Å². The van der Waals surface area contributed by atoms with Gasteiger partial charge in [-0.3, -0.25) is 9.59 Å². The fourth-order valence-corrected chi connectivity index (χ4v) is 7.23. The van der Waals surface area contributed by atoms with Crippen molar-refractivity contribution in [2.45, 2.75) is 86.7 Å². The SMILES string of the molecule is CCC(C)(CC(C)(C)C(=O)Oc1ccc2cc3ccccc3cc2c1)C(=O)OC1CC2(C)CCC1C2(C)C. The zero-order chi connectivity index (χ0) is 27.5. The van der Waals surface area contributed by atoms with Crippen LogP contribution in [0, 0.1) is 27.6 Å². The van der Waals surface area contributed by atoms with E-state index in [0.717, 1.165) is 29.0 Å².